The van der Waals surface area contributed by atoms with Gasteiger partial charge in [0.25, 0.3) is 0 Å². The molecule has 0 aromatic heterocycles. The summed E-state index contributed by atoms with van der Waals surface area (Å²) in [6, 6.07) is 43.0. The van der Waals surface area contributed by atoms with E-state index in [4.69, 9.17) is 4.74 Å². The molecule has 0 saturated heterocycles. The first kappa shape index (κ1) is 28.0. The SMILES string of the molecule is C=CCOc1c(C)cc(C)cc1[Si](CC)(CC)C1c2cc(-c3ccccc3)ccc2-c2ccc(-c3ccccc3)cc21. The smallest absolute Gasteiger partial charge is 0.121 e. The molecule has 0 amide bonds. The zero-order chi connectivity index (χ0) is 29.3. The Balaban J connectivity index is 1.64. The largest absolute Gasteiger partial charge is 0.489 e. The molecule has 2 heteroatoms. The van der Waals surface area contributed by atoms with Crippen molar-refractivity contribution in [3.05, 3.63) is 144 Å². The van der Waals surface area contributed by atoms with Crippen LogP contribution in [0.2, 0.25) is 12.1 Å². The summed E-state index contributed by atoms with van der Waals surface area (Å²) in [5.41, 5.74) is 13.7. The van der Waals surface area contributed by atoms with Crippen molar-refractivity contribution >= 4 is 13.3 Å². The van der Waals surface area contributed by atoms with E-state index in [-0.39, 0.29) is 0 Å². The lowest BCUT2D eigenvalue weighted by atomic mass is 9.98. The first-order chi connectivity index (χ1) is 20.5. The number of rotatable bonds is 9. The van der Waals surface area contributed by atoms with E-state index in [1.807, 2.05) is 6.08 Å². The number of ether oxygens (including phenoxy) is 1. The van der Waals surface area contributed by atoms with Gasteiger partial charge in [-0.1, -0.05) is 153 Å². The molecule has 0 fully saturated rings. The molecule has 0 spiro atoms. The van der Waals surface area contributed by atoms with Gasteiger partial charge < -0.3 is 4.74 Å². The third kappa shape index (κ3) is 4.74. The Labute approximate surface area is 252 Å². The predicted octanol–water partition coefficient (Wildman–Crippen LogP) is 10.2. The molecule has 1 aliphatic rings. The number of fused-ring (bicyclic) bond motifs is 3. The maximum atomic E-state index is 6.52. The zero-order valence-electron chi connectivity index (χ0n) is 25.3. The maximum Gasteiger partial charge on any atom is 0.121 e. The Morgan fingerprint density at radius 3 is 1.67 bits per heavy atom. The Morgan fingerprint density at radius 2 is 1.19 bits per heavy atom. The van der Waals surface area contributed by atoms with E-state index in [2.05, 4.69) is 143 Å². The van der Waals surface area contributed by atoms with Crippen molar-refractivity contribution in [3.8, 4) is 39.1 Å². The average Bonchev–Trinajstić information content (AvgIpc) is 3.36. The van der Waals surface area contributed by atoms with E-state index in [1.54, 1.807) is 0 Å². The van der Waals surface area contributed by atoms with E-state index >= 15 is 0 Å². The molecule has 0 heterocycles. The second kappa shape index (κ2) is 11.6. The molecule has 6 rings (SSSR count). The highest BCUT2D eigenvalue weighted by Crippen LogP contribution is 2.53. The molecule has 0 atom stereocenters. The predicted molar refractivity (Wildman–Crippen MR) is 183 cm³/mol. The number of benzene rings is 5. The summed E-state index contributed by atoms with van der Waals surface area (Å²) in [7, 11) is -2.25. The molecule has 1 aliphatic carbocycles. The minimum Gasteiger partial charge on any atom is -0.489 e. The van der Waals surface area contributed by atoms with Gasteiger partial charge in [-0.25, -0.2) is 0 Å². The van der Waals surface area contributed by atoms with Gasteiger partial charge in [-0.2, -0.15) is 0 Å². The summed E-state index contributed by atoms with van der Waals surface area (Å²) in [6.07, 6.45) is 1.86. The Kier molecular flexibility index (Phi) is 7.75. The quantitative estimate of drug-likeness (QED) is 0.128. The molecule has 0 unspecified atom stereocenters. The molecule has 1 nitrogen and oxygen atoms in total. The Morgan fingerprint density at radius 1 is 0.667 bits per heavy atom. The van der Waals surface area contributed by atoms with Crippen molar-refractivity contribution in [2.75, 3.05) is 6.61 Å². The van der Waals surface area contributed by atoms with E-state index in [1.165, 1.54) is 60.8 Å². The van der Waals surface area contributed by atoms with Gasteiger partial charge in [-0.05, 0) is 69.1 Å². The Hall–Kier alpha value is -4.14. The third-order valence-electron chi connectivity index (χ3n) is 9.34. The van der Waals surface area contributed by atoms with Crippen molar-refractivity contribution in [2.24, 2.45) is 0 Å². The van der Waals surface area contributed by atoms with Crippen LogP contribution in [0.3, 0.4) is 0 Å². The number of aryl methyl sites for hydroxylation is 2. The monoisotopic (exact) mass is 564 g/mol. The van der Waals surface area contributed by atoms with E-state index in [9.17, 15) is 0 Å². The second-order valence-electron chi connectivity index (χ2n) is 11.7. The fraction of sp³-hybridized carbons (Fsp3) is 0.200. The minimum atomic E-state index is -2.25. The van der Waals surface area contributed by atoms with Gasteiger partial charge in [0.15, 0.2) is 0 Å². The van der Waals surface area contributed by atoms with Gasteiger partial charge in [-0.15, -0.1) is 0 Å². The Bertz CT molecular complexity index is 1640. The van der Waals surface area contributed by atoms with Crippen LogP contribution >= 0.6 is 0 Å². The molecule has 0 radical (unpaired) electrons. The summed E-state index contributed by atoms with van der Waals surface area (Å²) < 4.78 is 6.52. The molecule has 0 N–H and O–H groups in total. The van der Waals surface area contributed by atoms with E-state index < -0.39 is 8.07 Å². The topological polar surface area (TPSA) is 9.23 Å². The van der Waals surface area contributed by atoms with E-state index in [0.717, 1.165) is 17.8 Å². The van der Waals surface area contributed by atoms with Crippen LogP contribution in [0.4, 0.5) is 0 Å². The van der Waals surface area contributed by atoms with Crippen LogP contribution in [-0.2, 0) is 0 Å². The van der Waals surface area contributed by atoms with Crippen LogP contribution in [0.5, 0.6) is 5.75 Å². The van der Waals surface area contributed by atoms with Crippen LogP contribution in [0.1, 0.15) is 41.6 Å². The molecule has 210 valence electrons. The second-order valence-corrected chi connectivity index (χ2v) is 16.5. The number of hydrogen-bond acceptors (Lipinski definition) is 1. The van der Waals surface area contributed by atoms with Gasteiger partial charge in [-0.3, -0.25) is 0 Å². The highest BCUT2D eigenvalue weighted by atomic mass is 28.3. The van der Waals surface area contributed by atoms with Gasteiger partial charge in [0.05, 0.1) is 0 Å². The van der Waals surface area contributed by atoms with Crippen LogP contribution in [-0.4, -0.2) is 14.7 Å². The standard InChI is InChI=1S/C40H40OSi/c1-6-23-41-39-29(5)24-28(4)25-38(39)42(7-2,8-3)40-36-26-32(30-15-11-9-12-16-30)19-21-34(36)35-22-20-33(27-37(35)40)31-17-13-10-14-18-31/h6,9-22,24-27,40H,1,7-8,23H2,2-5H3. The summed E-state index contributed by atoms with van der Waals surface area (Å²) in [5.74, 6) is 1.07. The molecule has 42 heavy (non-hydrogen) atoms. The molecular formula is C40H40OSi. The van der Waals surface area contributed by atoms with Crippen molar-refractivity contribution in [3.63, 3.8) is 0 Å². The van der Waals surface area contributed by atoms with Crippen LogP contribution in [0, 0.1) is 13.8 Å². The molecule has 0 saturated carbocycles. The van der Waals surface area contributed by atoms with Gasteiger partial charge in [0.1, 0.15) is 20.4 Å². The van der Waals surface area contributed by atoms with Crippen LogP contribution in [0.25, 0.3) is 33.4 Å². The lowest BCUT2D eigenvalue weighted by Crippen LogP contribution is -2.53. The van der Waals surface area contributed by atoms with Crippen LogP contribution < -0.4 is 9.92 Å². The van der Waals surface area contributed by atoms with Gasteiger partial charge in [0, 0.05) is 5.54 Å². The fourth-order valence-corrected chi connectivity index (χ4v) is 12.6. The molecular weight excluding hydrogens is 525 g/mol. The third-order valence-corrected chi connectivity index (χ3v) is 15.0. The highest BCUT2D eigenvalue weighted by molar-refractivity contribution is 6.94. The summed E-state index contributed by atoms with van der Waals surface area (Å²) in [5, 5.41) is 1.45. The highest BCUT2D eigenvalue weighted by Gasteiger charge is 2.48. The first-order valence-electron chi connectivity index (χ1n) is 15.2. The van der Waals surface area contributed by atoms with Crippen molar-refractivity contribution in [1.82, 2.24) is 0 Å². The van der Waals surface area contributed by atoms with Crippen molar-refractivity contribution < 1.29 is 4.74 Å². The number of hydrogen-bond donors (Lipinski definition) is 0. The maximum absolute atomic E-state index is 6.52. The first-order valence-corrected chi connectivity index (χ1v) is 17.7. The molecule has 0 aliphatic heterocycles. The fourth-order valence-electron chi connectivity index (χ4n) is 7.33. The zero-order valence-corrected chi connectivity index (χ0v) is 26.3. The van der Waals surface area contributed by atoms with Crippen molar-refractivity contribution in [1.29, 1.82) is 0 Å². The molecule has 5 aromatic carbocycles. The summed E-state index contributed by atoms with van der Waals surface area (Å²) in [4.78, 5) is 0. The summed E-state index contributed by atoms with van der Waals surface area (Å²) in [6.45, 7) is 13.8. The van der Waals surface area contributed by atoms with Crippen LogP contribution in [0.15, 0.2) is 122 Å². The lowest BCUT2D eigenvalue weighted by molar-refractivity contribution is 0.363. The van der Waals surface area contributed by atoms with Gasteiger partial charge in [0.2, 0.25) is 0 Å². The molecule has 5 aromatic rings. The average molecular weight is 565 g/mol. The molecule has 0 bridgehead atoms. The van der Waals surface area contributed by atoms with E-state index in [0.29, 0.717) is 12.1 Å². The van der Waals surface area contributed by atoms with Gasteiger partial charge >= 0.3 is 0 Å². The van der Waals surface area contributed by atoms with Crippen molar-refractivity contribution in [2.45, 2.75) is 45.3 Å². The lowest BCUT2D eigenvalue weighted by Gasteiger charge is -2.39. The minimum absolute atomic E-state index is 0.317. The summed E-state index contributed by atoms with van der Waals surface area (Å²) >= 11 is 0. The normalized spacial score (nSPS) is 12.6.